The average Bonchev–Trinajstić information content (AvgIpc) is 3.13. The Morgan fingerprint density at radius 1 is 1.18 bits per heavy atom. The molecular formula is C19H23N3O6. The molecule has 0 saturated carbocycles. The molecule has 150 valence electrons. The van der Waals surface area contributed by atoms with Gasteiger partial charge < -0.3 is 19.3 Å². The second-order valence-electron chi connectivity index (χ2n) is 6.95. The van der Waals surface area contributed by atoms with Crippen molar-refractivity contribution in [2.24, 2.45) is 0 Å². The SMILES string of the molecule is COc1cccc(C(=O)NCC(=O)OCC(=O)Nc2cc(C(C)(C)C)no2)c1. The summed E-state index contributed by atoms with van der Waals surface area (Å²) in [6, 6.07) is 8.08. The predicted octanol–water partition coefficient (Wildman–Crippen LogP) is 1.89. The Balaban J connectivity index is 1.75. The van der Waals surface area contributed by atoms with E-state index in [-0.39, 0.29) is 17.8 Å². The Labute approximate surface area is 162 Å². The number of benzene rings is 1. The van der Waals surface area contributed by atoms with E-state index < -0.39 is 24.4 Å². The van der Waals surface area contributed by atoms with E-state index >= 15 is 0 Å². The van der Waals surface area contributed by atoms with Crippen LogP contribution in [0.5, 0.6) is 5.75 Å². The number of anilines is 1. The van der Waals surface area contributed by atoms with Crippen molar-refractivity contribution in [1.29, 1.82) is 0 Å². The molecule has 2 aromatic rings. The molecule has 0 saturated heterocycles. The van der Waals surface area contributed by atoms with Gasteiger partial charge in [-0.15, -0.1) is 0 Å². The van der Waals surface area contributed by atoms with Gasteiger partial charge in [0.2, 0.25) is 5.88 Å². The van der Waals surface area contributed by atoms with Gasteiger partial charge in [-0.2, -0.15) is 0 Å². The number of ether oxygens (including phenoxy) is 2. The Hall–Kier alpha value is -3.36. The van der Waals surface area contributed by atoms with Crippen molar-refractivity contribution in [1.82, 2.24) is 10.5 Å². The first-order valence-electron chi connectivity index (χ1n) is 8.54. The number of carbonyl (C=O) groups excluding carboxylic acids is 3. The van der Waals surface area contributed by atoms with Crippen LogP contribution in [0.15, 0.2) is 34.9 Å². The van der Waals surface area contributed by atoms with Gasteiger partial charge in [0.05, 0.1) is 12.8 Å². The molecule has 9 heteroatoms. The predicted molar refractivity (Wildman–Crippen MR) is 100 cm³/mol. The first-order valence-corrected chi connectivity index (χ1v) is 8.54. The standard InChI is InChI=1S/C19H23N3O6/c1-19(2,3)14-9-16(28-22-14)21-15(23)11-27-17(24)10-20-18(25)12-6-5-7-13(8-12)26-4/h5-9H,10-11H2,1-4H3,(H,20,25)(H,21,23). The highest BCUT2D eigenvalue weighted by molar-refractivity contribution is 5.96. The van der Waals surface area contributed by atoms with E-state index in [0.29, 0.717) is 17.0 Å². The number of rotatable bonds is 7. The summed E-state index contributed by atoms with van der Waals surface area (Å²) in [6.07, 6.45) is 0. The van der Waals surface area contributed by atoms with Crippen molar-refractivity contribution in [2.75, 3.05) is 25.6 Å². The second kappa shape index (κ2) is 9.03. The average molecular weight is 389 g/mol. The number of hydrogen-bond donors (Lipinski definition) is 2. The Morgan fingerprint density at radius 2 is 1.93 bits per heavy atom. The van der Waals surface area contributed by atoms with Crippen molar-refractivity contribution in [3.63, 3.8) is 0 Å². The minimum atomic E-state index is -0.751. The van der Waals surface area contributed by atoms with Gasteiger partial charge in [0, 0.05) is 17.0 Å². The third-order valence-corrected chi connectivity index (χ3v) is 3.63. The highest BCUT2D eigenvalue weighted by Crippen LogP contribution is 2.23. The van der Waals surface area contributed by atoms with E-state index in [1.807, 2.05) is 20.8 Å². The molecule has 0 spiro atoms. The summed E-state index contributed by atoms with van der Waals surface area (Å²) >= 11 is 0. The lowest BCUT2D eigenvalue weighted by Gasteiger charge is -2.12. The molecule has 1 aromatic heterocycles. The van der Waals surface area contributed by atoms with E-state index in [2.05, 4.69) is 15.8 Å². The maximum atomic E-state index is 12.0. The molecule has 0 aliphatic carbocycles. The number of esters is 1. The molecule has 9 nitrogen and oxygen atoms in total. The maximum absolute atomic E-state index is 12.0. The Kier molecular flexibility index (Phi) is 6.75. The molecule has 1 heterocycles. The van der Waals surface area contributed by atoms with Crippen molar-refractivity contribution in [3.05, 3.63) is 41.6 Å². The van der Waals surface area contributed by atoms with Crippen LogP contribution in [0.1, 0.15) is 36.8 Å². The number of nitrogens with zero attached hydrogens (tertiary/aromatic N) is 1. The van der Waals surface area contributed by atoms with Gasteiger partial charge in [0.15, 0.2) is 6.61 Å². The zero-order valence-electron chi connectivity index (χ0n) is 16.2. The zero-order valence-corrected chi connectivity index (χ0v) is 16.2. The van der Waals surface area contributed by atoms with E-state index in [0.717, 1.165) is 0 Å². The highest BCUT2D eigenvalue weighted by Gasteiger charge is 2.20. The molecule has 0 fully saturated rings. The minimum Gasteiger partial charge on any atom is -0.497 e. The zero-order chi connectivity index (χ0) is 20.7. The molecule has 0 bridgehead atoms. The largest absolute Gasteiger partial charge is 0.497 e. The summed E-state index contributed by atoms with van der Waals surface area (Å²) in [5.74, 6) is -1.11. The van der Waals surface area contributed by atoms with Gasteiger partial charge in [-0.05, 0) is 18.2 Å². The third kappa shape index (κ3) is 6.11. The highest BCUT2D eigenvalue weighted by atomic mass is 16.5. The number of methoxy groups -OCH3 is 1. The molecule has 0 aliphatic rings. The fourth-order valence-corrected chi connectivity index (χ4v) is 2.08. The summed E-state index contributed by atoms with van der Waals surface area (Å²) in [5.41, 5.74) is 0.796. The summed E-state index contributed by atoms with van der Waals surface area (Å²) in [5, 5.41) is 8.73. The molecule has 2 amide bonds. The van der Waals surface area contributed by atoms with Crippen molar-refractivity contribution < 1.29 is 28.4 Å². The topological polar surface area (TPSA) is 120 Å². The van der Waals surface area contributed by atoms with Crippen LogP contribution in [0.4, 0.5) is 5.88 Å². The van der Waals surface area contributed by atoms with Gasteiger partial charge in [0.1, 0.15) is 12.3 Å². The van der Waals surface area contributed by atoms with Gasteiger partial charge >= 0.3 is 5.97 Å². The summed E-state index contributed by atoms with van der Waals surface area (Å²) in [4.78, 5) is 35.6. The fraction of sp³-hybridized carbons (Fsp3) is 0.368. The van der Waals surface area contributed by atoms with Gasteiger partial charge in [-0.25, -0.2) is 0 Å². The molecule has 0 atom stereocenters. The molecule has 0 unspecified atom stereocenters. The lowest BCUT2D eigenvalue weighted by Crippen LogP contribution is -2.32. The first-order chi connectivity index (χ1) is 13.2. The van der Waals surface area contributed by atoms with E-state index in [1.54, 1.807) is 24.3 Å². The lowest BCUT2D eigenvalue weighted by molar-refractivity contribution is -0.146. The van der Waals surface area contributed by atoms with Gasteiger partial charge in [-0.3, -0.25) is 19.7 Å². The number of hydrogen-bond acceptors (Lipinski definition) is 7. The molecule has 28 heavy (non-hydrogen) atoms. The van der Waals surface area contributed by atoms with Crippen LogP contribution in [0.3, 0.4) is 0 Å². The molecule has 1 aromatic carbocycles. The van der Waals surface area contributed by atoms with E-state index in [9.17, 15) is 14.4 Å². The Bertz CT molecular complexity index is 853. The molecule has 2 N–H and O–H groups in total. The van der Waals surface area contributed by atoms with Crippen LogP contribution in [-0.4, -0.2) is 43.2 Å². The molecule has 0 aliphatic heterocycles. The van der Waals surface area contributed by atoms with Crippen molar-refractivity contribution >= 4 is 23.7 Å². The summed E-state index contributed by atoms with van der Waals surface area (Å²) < 4.78 is 14.9. The van der Waals surface area contributed by atoms with E-state index in [1.165, 1.54) is 13.2 Å². The van der Waals surface area contributed by atoms with Crippen LogP contribution < -0.4 is 15.4 Å². The summed E-state index contributed by atoms with van der Waals surface area (Å²) in [6.45, 7) is 4.98. The van der Waals surface area contributed by atoms with Gasteiger partial charge in [0.25, 0.3) is 11.8 Å². The van der Waals surface area contributed by atoms with Crippen molar-refractivity contribution in [2.45, 2.75) is 26.2 Å². The smallest absolute Gasteiger partial charge is 0.325 e. The summed E-state index contributed by atoms with van der Waals surface area (Å²) in [7, 11) is 1.49. The molecular weight excluding hydrogens is 366 g/mol. The second-order valence-corrected chi connectivity index (χ2v) is 6.95. The minimum absolute atomic E-state index is 0.164. The van der Waals surface area contributed by atoms with Crippen LogP contribution in [0.2, 0.25) is 0 Å². The lowest BCUT2D eigenvalue weighted by atomic mass is 9.92. The number of amides is 2. The third-order valence-electron chi connectivity index (χ3n) is 3.63. The van der Waals surface area contributed by atoms with Crippen LogP contribution in [0.25, 0.3) is 0 Å². The number of aromatic nitrogens is 1. The quantitative estimate of drug-likeness (QED) is 0.694. The van der Waals surface area contributed by atoms with E-state index in [4.69, 9.17) is 14.0 Å². The molecule has 0 radical (unpaired) electrons. The first kappa shape index (κ1) is 20.9. The number of carbonyl (C=O) groups is 3. The maximum Gasteiger partial charge on any atom is 0.325 e. The van der Waals surface area contributed by atoms with Crippen LogP contribution >= 0.6 is 0 Å². The number of nitrogens with one attached hydrogen (secondary N) is 2. The van der Waals surface area contributed by atoms with Crippen LogP contribution in [-0.2, 0) is 19.7 Å². The van der Waals surface area contributed by atoms with Crippen molar-refractivity contribution in [3.8, 4) is 5.75 Å². The normalized spacial score (nSPS) is 10.9. The molecule has 2 rings (SSSR count). The van der Waals surface area contributed by atoms with Gasteiger partial charge in [-0.1, -0.05) is 32.0 Å². The van der Waals surface area contributed by atoms with Crippen LogP contribution in [0, 0.1) is 0 Å². The Morgan fingerprint density at radius 3 is 2.57 bits per heavy atom. The monoisotopic (exact) mass is 389 g/mol. The fourth-order valence-electron chi connectivity index (χ4n) is 2.08.